The van der Waals surface area contributed by atoms with Gasteiger partial charge in [0.15, 0.2) is 15.7 Å². The fourth-order valence-corrected chi connectivity index (χ4v) is 4.03. The van der Waals surface area contributed by atoms with Crippen LogP contribution in [0.15, 0.2) is 9.72 Å². The summed E-state index contributed by atoms with van der Waals surface area (Å²) in [6.07, 6.45) is -0.385. The number of aromatic nitrogens is 1. The maximum Gasteiger partial charge on any atom is 0.358 e. The molecule has 1 saturated heterocycles. The van der Waals surface area contributed by atoms with E-state index < -0.39 is 21.8 Å². The predicted molar refractivity (Wildman–Crippen MR) is 73.5 cm³/mol. The first-order valence-electron chi connectivity index (χ1n) is 6.08. The highest BCUT2D eigenvalue weighted by atomic mass is 32.2. The molecule has 0 aliphatic carbocycles. The Kier molecular flexibility index (Phi) is 4.63. The van der Waals surface area contributed by atoms with E-state index in [1.165, 1.54) is 5.51 Å². The molecule has 0 spiro atoms. The molecule has 0 radical (unpaired) electrons. The summed E-state index contributed by atoms with van der Waals surface area (Å²) in [7, 11) is -2.69. The van der Waals surface area contributed by atoms with Crippen molar-refractivity contribution >= 4 is 27.3 Å². The van der Waals surface area contributed by atoms with Crippen LogP contribution >= 0.6 is 11.3 Å². The fourth-order valence-electron chi connectivity index (χ4n) is 1.79. The number of thiazole rings is 1. The Bertz CT molecular complexity index is 624. The van der Waals surface area contributed by atoms with E-state index in [1.807, 2.05) is 0 Å². The quantitative estimate of drug-likeness (QED) is 0.774. The van der Waals surface area contributed by atoms with Crippen molar-refractivity contribution in [3.05, 3.63) is 11.2 Å². The third kappa shape index (κ3) is 3.77. The molecule has 0 aromatic carbocycles. The van der Waals surface area contributed by atoms with Crippen LogP contribution in [0, 0.1) is 0 Å². The van der Waals surface area contributed by atoms with Gasteiger partial charge in [-0.05, 0) is 13.8 Å². The fraction of sp³-hybridized carbons (Fsp3) is 0.636. The Morgan fingerprint density at radius 2 is 2.33 bits per heavy atom. The summed E-state index contributed by atoms with van der Waals surface area (Å²) >= 11 is 0.848. The molecule has 1 aliphatic heterocycles. The van der Waals surface area contributed by atoms with E-state index in [-0.39, 0.29) is 22.6 Å². The second kappa shape index (κ2) is 5.97. The number of sulfonamides is 1. The van der Waals surface area contributed by atoms with Crippen LogP contribution in [0.3, 0.4) is 0 Å². The van der Waals surface area contributed by atoms with Gasteiger partial charge in [0.25, 0.3) is 10.0 Å². The van der Waals surface area contributed by atoms with Crippen LogP contribution in [0.2, 0.25) is 0 Å². The molecule has 1 fully saturated rings. The average molecular weight is 336 g/mol. The molecule has 2 heterocycles. The molecule has 1 aromatic rings. The molecule has 1 unspecified atom stereocenters. The second-order valence-electron chi connectivity index (χ2n) is 4.78. The first-order valence-corrected chi connectivity index (χ1v) is 8.45. The first-order chi connectivity index (χ1) is 9.75. The molecular weight excluding hydrogens is 320 g/mol. The van der Waals surface area contributed by atoms with Gasteiger partial charge in [-0.2, -0.15) is 0 Å². The van der Waals surface area contributed by atoms with Crippen LogP contribution in [-0.2, 0) is 24.2 Å². The van der Waals surface area contributed by atoms with Gasteiger partial charge in [0.05, 0.1) is 25.3 Å². The summed E-state index contributed by atoms with van der Waals surface area (Å²) in [6, 6.07) is 0. The molecule has 0 bridgehead atoms. The molecule has 10 heteroatoms. The van der Waals surface area contributed by atoms with Crippen LogP contribution in [0.4, 0.5) is 0 Å². The number of hydrogen-bond donors (Lipinski definition) is 1. The molecule has 1 atom stereocenters. The topological polar surface area (TPSA) is 104 Å². The van der Waals surface area contributed by atoms with Crippen molar-refractivity contribution < 1.29 is 27.4 Å². The third-order valence-electron chi connectivity index (χ3n) is 2.73. The Morgan fingerprint density at radius 3 is 2.90 bits per heavy atom. The average Bonchev–Trinajstić information content (AvgIpc) is 3.02. The minimum Gasteiger partial charge on any atom is -0.464 e. The standard InChI is InChI=1S/C11H16N2O6S2/c1-11(2)18-5-7(19-11)4-13-21(15,16)10-8(9(14)17-3)12-6-20-10/h6-7,13H,4-5H2,1-3H3. The van der Waals surface area contributed by atoms with E-state index in [2.05, 4.69) is 14.4 Å². The van der Waals surface area contributed by atoms with Gasteiger partial charge in [0, 0.05) is 6.54 Å². The van der Waals surface area contributed by atoms with E-state index in [0.717, 1.165) is 18.4 Å². The Hall–Kier alpha value is -1.07. The Labute approximate surface area is 126 Å². The van der Waals surface area contributed by atoms with Gasteiger partial charge in [-0.15, -0.1) is 11.3 Å². The van der Waals surface area contributed by atoms with Crippen molar-refractivity contribution in [2.75, 3.05) is 20.3 Å². The van der Waals surface area contributed by atoms with Crippen molar-refractivity contribution in [2.24, 2.45) is 0 Å². The van der Waals surface area contributed by atoms with Crippen molar-refractivity contribution in [3.8, 4) is 0 Å². The predicted octanol–water partition coefficient (Wildman–Crippen LogP) is 0.359. The lowest BCUT2D eigenvalue weighted by Gasteiger charge is -2.17. The summed E-state index contributed by atoms with van der Waals surface area (Å²) < 4.78 is 42.0. The third-order valence-corrected chi connectivity index (χ3v) is 5.52. The number of ether oxygens (including phenoxy) is 3. The summed E-state index contributed by atoms with van der Waals surface area (Å²) in [5.41, 5.74) is 1.05. The highest BCUT2D eigenvalue weighted by Gasteiger charge is 2.34. The van der Waals surface area contributed by atoms with Crippen molar-refractivity contribution in [2.45, 2.75) is 29.9 Å². The maximum absolute atomic E-state index is 12.2. The summed E-state index contributed by atoms with van der Waals surface area (Å²) in [5, 5.41) is 0. The van der Waals surface area contributed by atoms with Crippen LogP contribution in [0.5, 0.6) is 0 Å². The molecule has 1 N–H and O–H groups in total. The molecule has 118 valence electrons. The first kappa shape index (κ1) is 16.3. The van der Waals surface area contributed by atoms with Crippen LogP contribution in [-0.4, -0.2) is 51.5 Å². The summed E-state index contributed by atoms with van der Waals surface area (Å²) in [5.74, 6) is -1.52. The zero-order valence-corrected chi connectivity index (χ0v) is 13.4. The maximum atomic E-state index is 12.2. The summed E-state index contributed by atoms with van der Waals surface area (Å²) in [4.78, 5) is 15.2. The van der Waals surface area contributed by atoms with Gasteiger partial charge < -0.3 is 14.2 Å². The lowest BCUT2D eigenvalue weighted by Crippen LogP contribution is -2.34. The zero-order valence-electron chi connectivity index (χ0n) is 11.8. The number of nitrogens with zero attached hydrogens (tertiary/aromatic N) is 1. The van der Waals surface area contributed by atoms with Crippen LogP contribution in [0.25, 0.3) is 0 Å². The van der Waals surface area contributed by atoms with Crippen LogP contribution in [0.1, 0.15) is 24.3 Å². The number of hydrogen-bond acceptors (Lipinski definition) is 8. The molecule has 21 heavy (non-hydrogen) atoms. The van der Waals surface area contributed by atoms with Gasteiger partial charge in [-0.1, -0.05) is 0 Å². The van der Waals surface area contributed by atoms with Gasteiger partial charge in [-0.25, -0.2) is 22.9 Å². The minimum atomic E-state index is -3.86. The van der Waals surface area contributed by atoms with E-state index >= 15 is 0 Å². The molecular formula is C11H16N2O6S2. The Balaban J connectivity index is 2.06. The van der Waals surface area contributed by atoms with E-state index in [4.69, 9.17) is 9.47 Å². The van der Waals surface area contributed by atoms with Gasteiger partial charge in [-0.3, -0.25) is 0 Å². The summed E-state index contributed by atoms with van der Waals surface area (Å²) in [6.45, 7) is 3.84. The zero-order chi connectivity index (χ0) is 15.7. The number of carbonyl (C=O) groups is 1. The molecule has 0 saturated carbocycles. The smallest absolute Gasteiger partial charge is 0.358 e. The van der Waals surface area contributed by atoms with Crippen LogP contribution < -0.4 is 4.72 Å². The van der Waals surface area contributed by atoms with E-state index in [1.54, 1.807) is 13.8 Å². The SMILES string of the molecule is COC(=O)c1ncsc1S(=O)(=O)NCC1COC(C)(C)O1. The number of esters is 1. The Morgan fingerprint density at radius 1 is 1.62 bits per heavy atom. The number of methoxy groups -OCH3 is 1. The monoisotopic (exact) mass is 336 g/mol. The molecule has 8 nitrogen and oxygen atoms in total. The number of rotatable bonds is 5. The molecule has 1 aliphatic rings. The van der Waals surface area contributed by atoms with Crippen molar-refractivity contribution in [1.82, 2.24) is 9.71 Å². The van der Waals surface area contributed by atoms with Gasteiger partial charge in [0.2, 0.25) is 0 Å². The lowest BCUT2D eigenvalue weighted by atomic mass is 10.4. The van der Waals surface area contributed by atoms with E-state index in [9.17, 15) is 13.2 Å². The molecule has 2 rings (SSSR count). The lowest BCUT2D eigenvalue weighted by molar-refractivity contribution is -0.137. The number of nitrogens with one attached hydrogen (secondary N) is 1. The minimum absolute atomic E-state index is 0.0459. The van der Waals surface area contributed by atoms with E-state index in [0.29, 0.717) is 6.61 Å². The van der Waals surface area contributed by atoms with Crippen molar-refractivity contribution in [1.29, 1.82) is 0 Å². The normalized spacial score (nSPS) is 21.4. The molecule has 0 amide bonds. The van der Waals surface area contributed by atoms with Gasteiger partial charge in [0.1, 0.15) is 0 Å². The highest BCUT2D eigenvalue weighted by Crippen LogP contribution is 2.23. The van der Waals surface area contributed by atoms with Gasteiger partial charge >= 0.3 is 5.97 Å². The van der Waals surface area contributed by atoms with Crippen molar-refractivity contribution in [3.63, 3.8) is 0 Å². The second-order valence-corrected chi connectivity index (χ2v) is 7.60. The molecule has 1 aromatic heterocycles. The highest BCUT2D eigenvalue weighted by molar-refractivity contribution is 7.91. The largest absolute Gasteiger partial charge is 0.464 e. The number of carbonyl (C=O) groups excluding carboxylic acids is 1.